The highest BCUT2D eigenvalue weighted by molar-refractivity contribution is 9.09. The summed E-state index contributed by atoms with van der Waals surface area (Å²) in [5, 5.41) is 50.6. The Bertz CT molecular complexity index is 2750. The van der Waals surface area contributed by atoms with E-state index in [9.17, 15) is 73.5 Å². The summed E-state index contributed by atoms with van der Waals surface area (Å²) in [6.07, 6.45) is 67.1. The molecule has 23 heteroatoms. The van der Waals surface area contributed by atoms with Crippen molar-refractivity contribution in [3.8, 4) is 0 Å². The van der Waals surface area contributed by atoms with Gasteiger partial charge in [0.15, 0.2) is 0 Å². The number of ketones is 2. The lowest BCUT2D eigenvalue weighted by molar-refractivity contribution is -0.163. The molecule has 0 aromatic rings. The molecule has 8 rings (SSSR count). The number of ether oxygens (including phenoxy) is 4. The van der Waals surface area contributed by atoms with Crippen LogP contribution in [0.2, 0.25) is 0 Å². The summed E-state index contributed by atoms with van der Waals surface area (Å²) < 4.78 is 31.5. The van der Waals surface area contributed by atoms with Gasteiger partial charge in [-0.1, -0.05) is 290 Å². The van der Waals surface area contributed by atoms with Crippen LogP contribution >= 0.6 is 47.8 Å². The molecule has 8 fully saturated rings. The molecule has 19 nitrogen and oxygen atoms in total. The number of unbranched alkanes of at least 4 members (excludes halogenated alkanes) is 20. The van der Waals surface area contributed by atoms with Gasteiger partial charge < -0.3 is 44.5 Å². The van der Waals surface area contributed by atoms with Crippen LogP contribution in [0.1, 0.15) is 502 Å². The normalized spacial score (nSPS) is 17.8. The van der Waals surface area contributed by atoms with Gasteiger partial charge in [0.1, 0.15) is 11.6 Å². The van der Waals surface area contributed by atoms with E-state index in [1.54, 1.807) is 0 Å². The van der Waals surface area contributed by atoms with Crippen molar-refractivity contribution in [3.63, 3.8) is 0 Å². The summed E-state index contributed by atoms with van der Waals surface area (Å²) >= 11 is 10.2. The molecule has 0 aromatic carbocycles. The van der Waals surface area contributed by atoms with Crippen molar-refractivity contribution in [1.82, 2.24) is 0 Å². The number of hydrogen-bond donors (Lipinski definition) is 5. The van der Waals surface area contributed by atoms with E-state index in [-0.39, 0.29) is 84.9 Å². The number of aliphatic carboxylic acids is 4. The lowest BCUT2D eigenvalue weighted by Crippen LogP contribution is -2.39. The van der Waals surface area contributed by atoms with Crippen molar-refractivity contribution in [1.29, 1.82) is 0 Å². The number of carbonyl (C=O) groups is 10. The molecule has 8 aliphatic carbocycles. The second-order valence-electron chi connectivity index (χ2n) is 38.2. The second-order valence-corrected chi connectivity index (χ2v) is 40.6. The molecule has 0 amide bonds. The largest absolute Gasteiger partial charge is 0.481 e. The summed E-state index contributed by atoms with van der Waals surface area (Å²) in [5.41, 5.74) is -2.34. The molecule has 0 aliphatic heterocycles. The number of carboxylic acids is 4. The van der Waals surface area contributed by atoms with Gasteiger partial charge in [-0.15, -0.1) is 0 Å². The van der Waals surface area contributed by atoms with E-state index in [0.29, 0.717) is 57.9 Å². The fraction of sp³-hybridized carbons (Fsp3) is 0.903. The molecule has 0 bridgehead atoms. The number of alkyl halides is 3. The van der Waals surface area contributed by atoms with E-state index in [1.807, 2.05) is 0 Å². The van der Waals surface area contributed by atoms with Crippen molar-refractivity contribution in [3.05, 3.63) is 0 Å². The molecule has 5 N–H and O–H groups in total. The Hall–Kier alpha value is -3.57. The van der Waals surface area contributed by atoms with Crippen LogP contribution in [-0.2, 0) is 66.9 Å². The number of aliphatic hydroxyl groups is 1. The van der Waals surface area contributed by atoms with Gasteiger partial charge in [0.25, 0.3) is 0 Å². The first-order valence-electron chi connectivity index (χ1n) is 50.8. The average Bonchev–Trinajstić information content (AvgIpc) is 0.802. The van der Waals surface area contributed by atoms with Gasteiger partial charge in [-0.3, -0.25) is 52.6 Å². The predicted octanol–water partition coefficient (Wildman–Crippen LogP) is 29.4. The molecule has 0 saturated heterocycles. The van der Waals surface area contributed by atoms with Crippen LogP contribution in [0.25, 0.3) is 0 Å². The lowest BCUT2D eigenvalue weighted by Gasteiger charge is -2.39. The van der Waals surface area contributed by atoms with Crippen molar-refractivity contribution >= 4 is 107 Å². The van der Waals surface area contributed by atoms with E-state index in [1.165, 1.54) is 51.4 Å². The first kappa shape index (κ1) is 122. The minimum Gasteiger partial charge on any atom is -0.481 e. The second kappa shape index (κ2) is 72.9. The first-order chi connectivity index (χ1) is 59.8. The molecule has 126 heavy (non-hydrogen) atoms. The van der Waals surface area contributed by atoms with Crippen molar-refractivity contribution < 1.29 is 100 Å². The van der Waals surface area contributed by atoms with Crippen molar-refractivity contribution in [2.75, 3.05) is 42.4 Å². The minimum atomic E-state index is -0.647. The van der Waals surface area contributed by atoms with E-state index in [2.05, 4.69) is 75.5 Å². The zero-order valence-corrected chi connectivity index (χ0v) is 82.4. The topological polar surface area (TPSA) is 309 Å². The SMILES string of the molecule is BrCCCCCBr.C.C.C.CCCCOC(=O)C1(CCCCCBr)CCC1.CCCCOC(=O)C1(CCCCCC(=O)CCCCCC2(C(=O)OCCCC)CCC2)CCC1.CCCCOC(=O)C1CCCC1.F.O=C(CCCCCC1(C(=O)O)CCC1)CCCCCC1(C(=O)O)CCC1.O=C(O)C1(CCCCCC(O)CCCCCC2(C(=O)O)CCC2)CCC1.[2H][2H]. The Labute approximate surface area is 793 Å². The molecule has 0 spiro atoms. The third kappa shape index (κ3) is 47.4. The summed E-state index contributed by atoms with van der Waals surface area (Å²) in [4.78, 5) is 118. The number of hydrogen-bond acceptors (Lipinski definition) is 15. The molecule has 0 unspecified atom stereocenters. The maximum Gasteiger partial charge on any atom is 0.312 e. The van der Waals surface area contributed by atoms with Crippen LogP contribution in [0, 0.1) is 43.8 Å². The molecule has 742 valence electrons. The quantitative estimate of drug-likeness (QED) is 0.0163. The number of rotatable bonds is 65. The summed E-state index contributed by atoms with van der Waals surface area (Å²) in [6, 6.07) is 0. The molecular weight excluding hydrogens is 1800 g/mol. The molecular formula is C103H188Br3FO19. The van der Waals surface area contributed by atoms with Crippen LogP contribution < -0.4 is 0 Å². The smallest absolute Gasteiger partial charge is 0.312 e. The zero-order chi connectivity index (χ0) is 91.7. The highest BCUT2D eigenvalue weighted by Crippen LogP contribution is 2.51. The number of carboxylic acid groups (broad SMARTS) is 4. The summed E-state index contributed by atoms with van der Waals surface area (Å²) in [6.45, 7) is 10.8. The Kier molecular flexibility index (Phi) is 70.8. The number of aliphatic hydroxyl groups excluding tert-OH is 1. The molecule has 0 atom stereocenters. The van der Waals surface area contributed by atoms with E-state index < -0.39 is 45.5 Å². The predicted molar refractivity (Wildman–Crippen MR) is 523 cm³/mol. The average molecular weight is 1990 g/mol. The van der Waals surface area contributed by atoms with Gasteiger partial charge in [0.2, 0.25) is 0 Å². The van der Waals surface area contributed by atoms with E-state index >= 15 is 0 Å². The fourth-order valence-electron chi connectivity index (χ4n) is 18.5. The molecule has 0 aromatic heterocycles. The van der Waals surface area contributed by atoms with Gasteiger partial charge >= 0.3 is 47.8 Å². The summed E-state index contributed by atoms with van der Waals surface area (Å²) in [5.74, 6) is -1.53. The zero-order valence-electron chi connectivity index (χ0n) is 79.6. The van der Waals surface area contributed by atoms with Crippen LogP contribution in [-0.4, -0.2) is 133 Å². The number of carbonyl (C=O) groups excluding carboxylic acids is 6. The van der Waals surface area contributed by atoms with Crippen LogP contribution in [0.3, 0.4) is 0 Å². The Morgan fingerprint density at radius 2 is 0.508 bits per heavy atom. The third-order valence-corrected chi connectivity index (χ3v) is 30.5. The molecule has 8 aliphatic rings. The fourth-order valence-corrected chi connectivity index (χ4v) is 19.7. The van der Waals surface area contributed by atoms with E-state index in [0.717, 1.165) is 388 Å². The molecule has 8 saturated carbocycles. The third-order valence-electron chi connectivity index (χ3n) is 28.8. The maximum absolute atomic E-state index is 12.4. The summed E-state index contributed by atoms with van der Waals surface area (Å²) in [7, 11) is 0. The van der Waals surface area contributed by atoms with Gasteiger partial charge in [0, 0.05) is 44.6 Å². The first-order valence-corrected chi connectivity index (χ1v) is 53.2. The van der Waals surface area contributed by atoms with Gasteiger partial charge in [-0.2, -0.15) is 0 Å². The number of Topliss-reactive ketones (excluding diaryl/α,β-unsaturated/α-hetero) is 2. The standard InChI is InChI=1S/C29H50O5.C21H36O5.C21H34O5.C14H25BrO2.C10H18O2.C5H10Br2.3CH4.FH.H2/c1-3-5-23-33-26(31)28(19-13-20-28)17-11-7-9-15-25(30)16-10-8-12-18-29(21-14-22-29)27(32)34-24-6-4-2;2*22-17(9-3-1-5-11-20(18(23)24)13-7-14-20)10-4-2-6-12-21(19(25)26)15-8-16-21;1-2-3-12-17-13(16)14(9-7-10-14)8-5-4-6-11-15;1-2-3-8-12-10(11)9-6-4-5-7-9;6-4-2-1-3-5-7;;;;;/h3-24H2,1-2H3;17,22H,1-16H2,(H,23,24)(H,25,26);1-16H2,(H,23,24)(H,25,26);2-12H2,1H3;9H,2-8H2,1H3;1-5H2;3*1H4;2*1H/i;;;;;;;;;;1+1D. The number of halogens is 4. The highest BCUT2D eigenvalue weighted by atomic mass is 79.9. The molecule has 0 heterocycles. The monoisotopic (exact) mass is 1990 g/mol. The van der Waals surface area contributed by atoms with Crippen molar-refractivity contribution in [2.24, 2.45) is 43.8 Å². The van der Waals surface area contributed by atoms with Gasteiger partial charge in [-0.25, -0.2) is 0 Å². The van der Waals surface area contributed by atoms with Crippen molar-refractivity contribution in [2.45, 2.75) is 506 Å². The van der Waals surface area contributed by atoms with Crippen LogP contribution in [0.5, 0.6) is 0 Å². The van der Waals surface area contributed by atoms with Crippen LogP contribution in [0.15, 0.2) is 0 Å². The van der Waals surface area contributed by atoms with Gasteiger partial charge in [0.05, 0.1) is 76.4 Å². The molecule has 0 radical (unpaired) electrons. The Balaban J connectivity index is -0.00000152. The Morgan fingerprint density at radius 3 is 0.714 bits per heavy atom. The lowest BCUT2D eigenvalue weighted by atomic mass is 9.66. The number of esters is 4. The maximum atomic E-state index is 12.4. The minimum absolute atomic E-state index is 0. The van der Waals surface area contributed by atoms with Gasteiger partial charge in [-0.05, 0) is 231 Å². The van der Waals surface area contributed by atoms with Crippen LogP contribution in [0.4, 0.5) is 4.70 Å². The Morgan fingerprint density at radius 1 is 0.302 bits per heavy atom. The van der Waals surface area contributed by atoms with E-state index in [4.69, 9.17) is 21.9 Å². The highest BCUT2D eigenvalue weighted by Gasteiger charge is 2.49.